The zero-order valence-corrected chi connectivity index (χ0v) is 41.2. The fourth-order valence-electron chi connectivity index (χ4n) is 7.90. The van der Waals surface area contributed by atoms with Crippen molar-refractivity contribution in [1.29, 1.82) is 0 Å². The Hall–Kier alpha value is -2.69. The van der Waals surface area contributed by atoms with Crippen LogP contribution in [0, 0.1) is 11.8 Å². The molecule has 1 N–H and O–H groups in total. The number of unbranched alkanes of at least 4 members (excludes halogenated alkanes) is 18. The number of carbonyl (C=O) groups excluding carboxylic acids is 4. The van der Waals surface area contributed by atoms with Crippen molar-refractivity contribution in [2.45, 2.75) is 246 Å². The Morgan fingerprint density at radius 2 is 0.762 bits per heavy atom. The van der Waals surface area contributed by atoms with Crippen LogP contribution in [-0.4, -0.2) is 85.9 Å². The number of carboxylic acids is 1. The monoisotopic (exact) mass is 896 g/mol. The van der Waals surface area contributed by atoms with Crippen LogP contribution in [0.25, 0.3) is 0 Å². The number of carbonyl (C=O) groups is 5. The molecule has 0 aliphatic carbocycles. The zero-order valence-electron chi connectivity index (χ0n) is 41.2. The fraction of sp³-hybridized carbons (Fsp3) is 0.904. The Kier molecular flexibility index (Phi) is 43.9. The van der Waals surface area contributed by atoms with Crippen molar-refractivity contribution in [2.24, 2.45) is 11.8 Å². The van der Waals surface area contributed by atoms with E-state index >= 15 is 0 Å². The van der Waals surface area contributed by atoms with Gasteiger partial charge in [0, 0.05) is 25.8 Å². The Morgan fingerprint density at radius 1 is 0.413 bits per heavy atom. The van der Waals surface area contributed by atoms with E-state index in [1.807, 2.05) is 0 Å². The number of esters is 4. The first-order valence-electron chi connectivity index (χ1n) is 26.3. The summed E-state index contributed by atoms with van der Waals surface area (Å²) < 4.78 is 21.4. The molecule has 11 heteroatoms. The summed E-state index contributed by atoms with van der Waals surface area (Å²) in [4.78, 5) is 61.5. The summed E-state index contributed by atoms with van der Waals surface area (Å²) in [5.74, 6) is -1.32. The first-order chi connectivity index (χ1) is 30.7. The zero-order chi connectivity index (χ0) is 46.4. The van der Waals surface area contributed by atoms with E-state index in [1.54, 1.807) is 0 Å². The second kappa shape index (κ2) is 45.9. The quantitative estimate of drug-likeness (QED) is 0.0354. The third kappa shape index (κ3) is 40.6. The number of nitrogens with zero attached hydrogens (tertiary/aromatic N) is 1. The van der Waals surface area contributed by atoms with Crippen molar-refractivity contribution in [3.05, 3.63) is 0 Å². The second-order valence-corrected chi connectivity index (χ2v) is 17.9. The largest absolute Gasteiger partial charge is 0.481 e. The lowest BCUT2D eigenvalue weighted by molar-refractivity contribution is -0.150. The molecule has 63 heavy (non-hydrogen) atoms. The van der Waals surface area contributed by atoms with E-state index in [0.717, 1.165) is 71.0 Å². The predicted octanol–water partition coefficient (Wildman–Crippen LogP) is 13.1. The summed E-state index contributed by atoms with van der Waals surface area (Å²) >= 11 is 0. The molecule has 1 saturated heterocycles. The normalized spacial score (nSPS) is 13.5. The number of hydrogen-bond donors (Lipinski definition) is 1. The van der Waals surface area contributed by atoms with Gasteiger partial charge in [0.05, 0.1) is 44.7 Å². The van der Waals surface area contributed by atoms with E-state index in [9.17, 15) is 24.0 Å². The van der Waals surface area contributed by atoms with Crippen LogP contribution in [0.15, 0.2) is 0 Å². The van der Waals surface area contributed by atoms with Crippen molar-refractivity contribution in [3.63, 3.8) is 0 Å². The number of ether oxygens (including phenoxy) is 4. The molecule has 1 aliphatic rings. The predicted molar refractivity (Wildman–Crippen MR) is 255 cm³/mol. The van der Waals surface area contributed by atoms with Gasteiger partial charge in [0.25, 0.3) is 0 Å². The molecular formula is C52H97NO10. The molecule has 1 rings (SSSR count). The highest BCUT2D eigenvalue weighted by Crippen LogP contribution is 2.22. The smallest absolute Gasteiger partial charge is 0.308 e. The molecular weight excluding hydrogens is 799 g/mol. The molecule has 1 aliphatic heterocycles. The van der Waals surface area contributed by atoms with Crippen LogP contribution >= 0.6 is 0 Å². The molecule has 0 aromatic carbocycles. The second-order valence-electron chi connectivity index (χ2n) is 17.9. The van der Waals surface area contributed by atoms with Crippen LogP contribution in [-0.2, 0) is 42.9 Å². The summed E-state index contributed by atoms with van der Waals surface area (Å²) in [6.07, 6.45) is 34.3. The van der Waals surface area contributed by atoms with Crippen LogP contribution in [0.5, 0.6) is 0 Å². The van der Waals surface area contributed by atoms with Crippen LogP contribution in [0.1, 0.15) is 246 Å². The van der Waals surface area contributed by atoms with E-state index in [2.05, 4.69) is 32.6 Å². The molecule has 0 aromatic heterocycles. The molecule has 0 spiro atoms. The van der Waals surface area contributed by atoms with Gasteiger partial charge in [0.15, 0.2) is 0 Å². The van der Waals surface area contributed by atoms with Crippen molar-refractivity contribution in [1.82, 2.24) is 4.90 Å². The van der Waals surface area contributed by atoms with Crippen molar-refractivity contribution >= 4 is 29.8 Å². The van der Waals surface area contributed by atoms with Crippen LogP contribution in [0.4, 0.5) is 0 Å². The maximum absolute atomic E-state index is 12.7. The minimum absolute atomic E-state index is 0.0114. The van der Waals surface area contributed by atoms with E-state index in [4.69, 9.17) is 24.1 Å². The molecule has 2 unspecified atom stereocenters. The summed E-state index contributed by atoms with van der Waals surface area (Å²) in [5.41, 5.74) is 0. The molecule has 0 amide bonds. The highest BCUT2D eigenvalue weighted by atomic mass is 16.5. The molecule has 11 nitrogen and oxygen atoms in total. The number of likely N-dealkylation sites (tertiary alicyclic amines) is 1. The first-order valence-corrected chi connectivity index (χ1v) is 26.3. The minimum atomic E-state index is -0.789. The highest BCUT2D eigenvalue weighted by Gasteiger charge is 2.21. The topological polar surface area (TPSA) is 146 Å². The van der Waals surface area contributed by atoms with E-state index in [0.29, 0.717) is 58.2 Å². The van der Waals surface area contributed by atoms with E-state index in [-0.39, 0.29) is 55.3 Å². The van der Waals surface area contributed by atoms with Crippen LogP contribution in [0.2, 0.25) is 0 Å². The first kappa shape index (κ1) is 60.3. The maximum Gasteiger partial charge on any atom is 0.308 e. The Labute approximate surface area is 385 Å². The Balaban J connectivity index is 0.00000133. The van der Waals surface area contributed by atoms with Gasteiger partial charge in [-0.15, -0.1) is 0 Å². The van der Waals surface area contributed by atoms with Crippen LogP contribution in [0.3, 0.4) is 0 Å². The van der Waals surface area contributed by atoms with E-state index < -0.39 is 5.97 Å². The number of aliphatic carboxylic acids is 1. The fourth-order valence-corrected chi connectivity index (χ4v) is 7.90. The Morgan fingerprint density at radius 3 is 1.17 bits per heavy atom. The standard InChI is InChI=1S/C31H57NO6.C21H40O4/c1-3-5-7-9-10-12-19-28(18-11-8-6-4-2)31(35)38-25-16-13-20-29(33)36-26-17-27-37-30(34)21-24-32-22-14-15-23-32;1-3-5-7-9-10-12-16-19(15-11-8-6-4-2)21(24)25-18-14-13-17-20(22)23/h28H,3-27H2,1-2H3;19H,3-18H2,1-2H3,(H,22,23). The minimum Gasteiger partial charge on any atom is -0.481 e. The molecule has 1 heterocycles. The lowest BCUT2D eigenvalue weighted by Crippen LogP contribution is -2.23. The van der Waals surface area contributed by atoms with Crippen molar-refractivity contribution < 1.29 is 48.0 Å². The van der Waals surface area contributed by atoms with Gasteiger partial charge in [0.2, 0.25) is 0 Å². The average Bonchev–Trinajstić information content (AvgIpc) is 3.80. The van der Waals surface area contributed by atoms with Gasteiger partial charge in [-0.05, 0) is 77.3 Å². The molecule has 0 aromatic rings. The van der Waals surface area contributed by atoms with Gasteiger partial charge < -0.3 is 29.0 Å². The lowest BCUT2D eigenvalue weighted by Gasteiger charge is -2.16. The number of rotatable bonds is 43. The summed E-state index contributed by atoms with van der Waals surface area (Å²) in [6.45, 7) is 13.0. The molecule has 1 fully saturated rings. The third-order valence-electron chi connectivity index (χ3n) is 12.0. The molecule has 0 bridgehead atoms. The summed E-state index contributed by atoms with van der Waals surface area (Å²) in [7, 11) is 0. The van der Waals surface area contributed by atoms with E-state index in [1.165, 1.54) is 116 Å². The van der Waals surface area contributed by atoms with Gasteiger partial charge in [-0.2, -0.15) is 0 Å². The van der Waals surface area contributed by atoms with Crippen molar-refractivity contribution in [2.75, 3.05) is 46.1 Å². The lowest BCUT2D eigenvalue weighted by atomic mass is 9.94. The summed E-state index contributed by atoms with van der Waals surface area (Å²) in [6, 6.07) is 0. The number of carboxylic acid groups (broad SMARTS) is 1. The average molecular weight is 896 g/mol. The SMILES string of the molecule is CCCCCCCCC(CCCCCC)C(=O)OCCCCC(=O)O.CCCCCCCCC(CCCCCC)C(=O)OCCCCC(=O)OCCCOC(=O)CCN1CCCC1. The van der Waals surface area contributed by atoms with Gasteiger partial charge in [0.1, 0.15) is 0 Å². The third-order valence-corrected chi connectivity index (χ3v) is 12.0. The Bertz CT molecular complexity index is 1090. The number of hydrogen-bond acceptors (Lipinski definition) is 10. The van der Waals surface area contributed by atoms with Crippen LogP contribution < -0.4 is 0 Å². The summed E-state index contributed by atoms with van der Waals surface area (Å²) in [5, 5.41) is 8.62. The highest BCUT2D eigenvalue weighted by molar-refractivity contribution is 5.73. The van der Waals surface area contributed by atoms with Gasteiger partial charge in [-0.1, -0.05) is 156 Å². The van der Waals surface area contributed by atoms with Gasteiger partial charge in [-0.25, -0.2) is 0 Å². The molecule has 0 saturated carbocycles. The molecule has 0 radical (unpaired) electrons. The molecule has 370 valence electrons. The molecule has 2 atom stereocenters. The van der Waals surface area contributed by atoms with Gasteiger partial charge in [-0.3, -0.25) is 24.0 Å². The maximum atomic E-state index is 12.7. The van der Waals surface area contributed by atoms with Crippen molar-refractivity contribution in [3.8, 4) is 0 Å². The van der Waals surface area contributed by atoms with Gasteiger partial charge >= 0.3 is 29.8 Å².